The highest BCUT2D eigenvalue weighted by Crippen LogP contribution is 2.31. The van der Waals surface area contributed by atoms with E-state index in [9.17, 15) is 4.79 Å². The van der Waals surface area contributed by atoms with Gasteiger partial charge in [-0.05, 0) is 48.4 Å². The lowest BCUT2D eigenvalue weighted by atomic mass is 10.0. The Balaban J connectivity index is 1.49. The van der Waals surface area contributed by atoms with Crippen molar-refractivity contribution in [3.63, 3.8) is 0 Å². The number of nitrogens with one attached hydrogen (secondary N) is 3. The molecule has 5 aromatic rings. The topological polar surface area (TPSA) is 99.3 Å². The number of carbonyl (C=O) groups is 1. The number of pyridine rings is 2. The molecule has 0 atom stereocenters. The Morgan fingerprint density at radius 3 is 2.87 bits per heavy atom. The molecule has 0 aliphatic carbocycles. The van der Waals surface area contributed by atoms with E-state index in [2.05, 4.69) is 43.5 Å². The van der Waals surface area contributed by atoms with E-state index in [1.54, 1.807) is 18.6 Å². The van der Waals surface area contributed by atoms with E-state index < -0.39 is 0 Å². The van der Waals surface area contributed by atoms with Crippen LogP contribution in [0.15, 0.2) is 61.1 Å². The molecule has 154 valence electrons. The molecule has 7 heteroatoms. The molecule has 5 rings (SSSR count). The second kappa shape index (κ2) is 8.02. The Morgan fingerprint density at radius 2 is 2.00 bits per heavy atom. The first-order valence-electron chi connectivity index (χ1n) is 10.4. The maximum atomic E-state index is 12.1. The second-order valence-corrected chi connectivity index (χ2v) is 7.57. The molecular formula is C24H22N6O. The molecule has 7 nitrogen and oxygen atoms in total. The van der Waals surface area contributed by atoms with Crippen LogP contribution in [0.5, 0.6) is 0 Å². The number of carbonyl (C=O) groups excluding carboxylic acids is 1. The maximum absolute atomic E-state index is 12.1. The Labute approximate surface area is 178 Å². The van der Waals surface area contributed by atoms with Crippen LogP contribution in [0.1, 0.15) is 26.2 Å². The number of aromatic amines is 2. The van der Waals surface area contributed by atoms with Gasteiger partial charge in [-0.2, -0.15) is 5.10 Å². The zero-order valence-corrected chi connectivity index (χ0v) is 17.1. The van der Waals surface area contributed by atoms with E-state index >= 15 is 0 Å². The van der Waals surface area contributed by atoms with Crippen molar-refractivity contribution >= 4 is 33.5 Å². The third-order valence-corrected chi connectivity index (χ3v) is 5.32. The number of hydrogen-bond donors (Lipinski definition) is 3. The van der Waals surface area contributed by atoms with Crippen molar-refractivity contribution < 1.29 is 4.79 Å². The molecule has 0 unspecified atom stereocenters. The van der Waals surface area contributed by atoms with Gasteiger partial charge in [0.1, 0.15) is 5.69 Å². The first-order chi connectivity index (χ1) is 15.2. The number of aromatic nitrogens is 5. The third kappa shape index (κ3) is 3.77. The summed E-state index contributed by atoms with van der Waals surface area (Å²) in [6.07, 6.45) is 7.64. The highest BCUT2D eigenvalue weighted by atomic mass is 16.1. The fourth-order valence-corrected chi connectivity index (χ4v) is 3.71. The van der Waals surface area contributed by atoms with E-state index in [0.717, 1.165) is 57.3 Å². The normalized spacial score (nSPS) is 11.3. The molecule has 31 heavy (non-hydrogen) atoms. The molecular weight excluding hydrogens is 388 g/mol. The number of amides is 1. The summed E-state index contributed by atoms with van der Waals surface area (Å²) in [4.78, 5) is 24.2. The third-order valence-electron chi connectivity index (χ3n) is 5.32. The summed E-state index contributed by atoms with van der Waals surface area (Å²) in [7, 11) is 0. The standard InChI is InChI=1S/C24H22N6O/c1-2-3-6-23(31)27-17-10-16(13-25-14-17)15-7-8-19-18(11-15)24(30-29-19)22-12-21-20(28-22)5-4-9-26-21/h4-5,7-14,28H,2-3,6H2,1H3,(H,27,31)(H,29,30). The van der Waals surface area contributed by atoms with Gasteiger partial charge in [0, 0.05) is 29.8 Å². The summed E-state index contributed by atoms with van der Waals surface area (Å²) < 4.78 is 0. The Kier molecular flexibility index (Phi) is 4.92. The van der Waals surface area contributed by atoms with Crippen LogP contribution in [0.4, 0.5) is 5.69 Å². The van der Waals surface area contributed by atoms with Gasteiger partial charge in [0.05, 0.1) is 34.1 Å². The first kappa shape index (κ1) is 19.0. The SMILES string of the molecule is CCCCC(=O)Nc1cncc(-c2ccc3[nH]nc(-c4cc5ncccc5[nH]4)c3c2)c1. The van der Waals surface area contributed by atoms with E-state index in [4.69, 9.17) is 0 Å². The van der Waals surface area contributed by atoms with Crippen LogP contribution < -0.4 is 5.32 Å². The monoisotopic (exact) mass is 410 g/mol. The first-order valence-corrected chi connectivity index (χ1v) is 10.4. The fourth-order valence-electron chi connectivity index (χ4n) is 3.71. The largest absolute Gasteiger partial charge is 0.352 e. The average Bonchev–Trinajstić information content (AvgIpc) is 3.41. The van der Waals surface area contributed by atoms with Crippen molar-refractivity contribution in [2.24, 2.45) is 0 Å². The molecule has 0 fully saturated rings. The predicted octanol–water partition coefficient (Wildman–Crippen LogP) is 5.30. The lowest BCUT2D eigenvalue weighted by Gasteiger charge is -2.07. The molecule has 4 heterocycles. The number of hydrogen-bond acceptors (Lipinski definition) is 4. The molecule has 0 bridgehead atoms. The quantitative estimate of drug-likeness (QED) is 0.354. The van der Waals surface area contributed by atoms with E-state index in [0.29, 0.717) is 12.1 Å². The number of rotatable bonds is 6. The summed E-state index contributed by atoms with van der Waals surface area (Å²) in [6.45, 7) is 2.07. The maximum Gasteiger partial charge on any atom is 0.224 e. The van der Waals surface area contributed by atoms with Crippen molar-refractivity contribution in [2.75, 3.05) is 5.32 Å². The van der Waals surface area contributed by atoms with Crippen molar-refractivity contribution in [2.45, 2.75) is 26.2 Å². The van der Waals surface area contributed by atoms with Gasteiger partial charge in [-0.3, -0.25) is 19.9 Å². The number of benzene rings is 1. The van der Waals surface area contributed by atoms with Gasteiger partial charge in [-0.25, -0.2) is 0 Å². The van der Waals surface area contributed by atoms with E-state index in [-0.39, 0.29) is 5.91 Å². The van der Waals surface area contributed by atoms with Crippen molar-refractivity contribution in [1.82, 2.24) is 25.1 Å². The van der Waals surface area contributed by atoms with Gasteiger partial charge in [0.2, 0.25) is 5.91 Å². The molecule has 1 amide bonds. The molecule has 3 N–H and O–H groups in total. The summed E-state index contributed by atoms with van der Waals surface area (Å²) in [5.41, 5.74) is 7.21. The van der Waals surface area contributed by atoms with Gasteiger partial charge in [-0.15, -0.1) is 0 Å². The molecule has 0 saturated heterocycles. The molecule has 0 saturated carbocycles. The minimum atomic E-state index is 0.0146. The summed E-state index contributed by atoms with van der Waals surface area (Å²) in [5.74, 6) is 0.0146. The summed E-state index contributed by atoms with van der Waals surface area (Å²) in [5, 5.41) is 11.6. The van der Waals surface area contributed by atoms with E-state index in [1.807, 2.05) is 36.4 Å². The van der Waals surface area contributed by atoms with Crippen LogP contribution in [0, 0.1) is 0 Å². The number of nitrogens with zero attached hydrogens (tertiary/aromatic N) is 3. The molecule has 0 spiro atoms. The van der Waals surface area contributed by atoms with Crippen LogP contribution in [-0.4, -0.2) is 31.1 Å². The Bertz CT molecular complexity index is 1350. The highest BCUT2D eigenvalue weighted by Gasteiger charge is 2.13. The van der Waals surface area contributed by atoms with Crippen LogP contribution in [0.25, 0.3) is 44.5 Å². The van der Waals surface area contributed by atoms with Gasteiger partial charge >= 0.3 is 0 Å². The number of unbranched alkanes of at least 4 members (excludes halogenated alkanes) is 1. The van der Waals surface area contributed by atoms with Crippen LogP contribution in [0.2, 0.25) is 0 Å². The van der Waals surface area contributed by atoms with E-state index in [1.165, 1.54) is 0 Å². The lowest BCUT2D eigenvalue weighted by Crippen LogP contribution is -2.11. The highest BCUT2D eigenvalue weighted by molar-refractivity contribution is 5.97. The fraction of sp³-hybridized carbons (Fsp3) is 0.167. The van der Waals surface area contributed by atoms with Gasteiger partial charge < -0.3 is 10.3 Å². The lowest BCUT2D eigenvalue weighted by molar-refractivity contribution is -0.116. The Morgan fingerprint density at radius 1 is 1.06 bits per heavy atom. The van der Waals surface area contributed by atoms with Crippen molar-refractivity contribution in [1.29, 1.82) is 0 Å². The van der Waals surface area contributed by atoms with Gasteiger partial charge in [0.15, 0.2) is 0 Å². The molecule has 1 aromatic carbocycles. The zero-order valence-electron chi connectivity index (χ0n) is 17.1. The molecule has 4 aromatic heterocycles. The van der Waals surface area contributed by atoms with Crippen LogP contribution >= 0.6 is 0 Å². The van der Waals surface area contributed by atoms with Crippen molar-refractivity contribution in [3.8, 4) is 22.5 Å². The smallest absolute Gasteiger partial charge is 0.224 e. The summed E-state index contributed by atoms with van der Waals surface area (Å²) >= 11 is 0. The number of H-pyrrole nitrogens is 2. The molecule has 0 aliphatic rings. The Hall–Kier alpha value is -4.00. The zero-order chi connectivity index (χ0) is 21.2. The van der Waals surface area contributed by atoms with Gasteiger partial charge in [0.25, 0.3) is 0 Å². The number of anilines is 1. The average molecular weight is 410 g/mol. The second-order valence-electron chi connectivity index (χ2n) is 7.57. The van der Waals surface area contributed by atoms with Crippen molar-refractivity contribution in [3.05, 3.63) is 61.1 Å². The molecule has 0 aliphatic heterocycles. The minimum Gasteiger partial charge on any atom is -0.352 e. The van der Waals surface area contributed by atoms with Crippen LogP contribution in [-0.2, 0) is 4.79 Å². The minimum absolute atomic E-state index is 0.0146. The predicted molar refractivity (Wildman–Crippen MR) is 123 cm³/mol. The van der Waals surface area contributed by atoms with Gasteiger partial charge in [-0.1, -0.05) is 19.4 Å². The molecule has 0 radical (unpaired) electrons. The number of fused-ring (bicyclic) bond motifs is 2. The summed E-state index contributed by atoms with van der Waals surface area (Å²) in [6, 6.07) is 14.0. The van der Waals surface area contributed by atoms with Crippen LogP contribution in [0.3, 0.4) is 0 Å².